The number of rotatable bonds is 3. The fourth-order valence-electron chi connectivity index (χ4n) is 2.11. The predicted octanol–water partition coefficient (Wildman–Crippen LogP) is 0.936. The van der Waals surface area contributed by atoms with Crippen LogP contribution >= 0.6 is 0 Å². The zero-order valence-electron chi connectivity index (χ0n) is 7.93. The van der Waals surface area contributed by atoms with E-state index < -0.39 is 0 Å². The highest BCUT2D eigenvalue weighted by molar-refractivity contribution is 4.81. The van der Waals surface area contributed by atoms with Crippen molar-refractivity contribution in [1.29, 1.82) is 0 Å². The van der Waals surface area contributed by atoms with E-state index >= 15 is 0 Å². The summed E-state index contributed by atoms with van der Waals surface area (Å²) in [6.07, 6.45) is 2.77. The lowest BCUT2D eigenvalue weighted by atomic mass is 10.00. The lowest BCUT2D eigenvalue weighted by molar-refractivity contribution is 0.236. The summed E-state index contributed by atoms with van der Waals surface area (Å²) in [7, 11) is 4.27. The quantitative estimate of drug-likeness (QED) is 0.654. The molecule has 2 atom stereocenters. The van der Waals surface area contributed by atoms with Gasteiger partial charge in [-0.25, -0.2) is 0 Å². The summed E-state index contributed by atoms with van der Waals surface area (Å²) in [6, 6.07) is 0.822. The summed E-state index contributed by atoms with van der Waals surface area (Å²) in [5.41, 5.74) is 0. The average Bonchev–Trinajstić information content (AvgIpc) is 2.36. The number of nitrogens with one attached hydrogen (secondary N) is 1. The molecule has 1 fully saturated rings. The van der Waals surface area contributed by atoms with E-state index in [2.05, 4.69) is 24.2 Å². The van der Waals surface area contributed by atoms with Gasteiger partial charge in [-0.2, -0.15) is 0 Å². The smallest absolute Gasteiger partial charge is 0.0130 e. The maximum Gasteiger partial charge on any atom is 0.0130 e. The zero-order chi connectivity index (χ0) is 8.27. The highest BCUT2D eigenvalue weighted by Crippen LogP contribution is 2.21. The maximum atomic E-state index is 3.24. The molecular formula is C9H20N2. The second-order valence-electron chi connectivity index (χ2n) is 3.73. The highest BCUT2D eigenvalue weighted by atomic mass is 15.2. The molecule has 1 heterocycles. The fraction of sp³-hybridized carbons (Fsp3) is 1.00. The normalized spacial score (nSPS) is 29.2. The van der Waals surface area contributed by atoms with Gasteiger partial charge in [-0.05, 0) is 45.9 Å². The van der Waals surface area contributed by atoms with Crippen LogP contribution in [0.15, 0.2) is 0 Å². The van der Waals surface area contributed by atoms with Gasteiger partial charge in [0, 0.05) is 6.04 Å². The molecule has 0 spiro atoms. The van der Waals surface area contributed by atoms with Gasteiger partial charge in [0.25, 0.3) is 0 Å². The predicted molar refractivity (Wildman–Crippen MR) is 48.7 cm³/mol. The van der Waals surface area contributed by atoms with E-state index in [0.717, 1.165) is 18.5 Å². The van der Waals surface area contributed by atoms with Crippen molar-refractivity contribution in [3.63, 3.8) is 0 Å². The van der Waals surface area contributed by atoms with E-state index in [4.69, 9.17) is 0 Å². The molecule has 11 heavy (non-hydrogen) atoms. The number of nitrogens with zero attached hydrogens (tertiary/aromatic N) is 1. The standard InChI is InChI=1S/C9H20N2/c1-8(7-10-2)9-5-4-6-11(9)3/h8-10H,4-7H2,1-3H3. The van der Waals surface area contributed by atoms with Crippen LogP contribution in [0.5, 0.6) is 0 Å². The average molecular weight is 156 g/mol. The van der Waals surface area contributed by atoms with Crippen LogP contribution in [0.3, 0.4) is 0 Å². The Kier molecular flexibility index (Phi) is 3.34. The first-order valence-electron chi connectivity index (χ1n) is 4.60. The van der Waals surface area contributed by atoms with Crippen molar-refractivity contribution < 1.29 is 0 Å². The minimum Gasteiger partial charge on any atom is -0.319 e. The lowest BCUT2D eigenvalue weighted by Gasteiger charge is -2.25. The van der Waals surface area contributed by atoms with Gasteiger partial charge in [-0.1, -0.05) is 6.92 Å². The maximum absolute atomic E-state index is 3.24. The molecule has 0 saturated carbocycles. The molecule has 2 nitrogen and oxygen atoms in total. The van der Waals surface area contributed by atoms with Gasteiger partial charge >= 0.3 is 0 Å². The van der Waals surface area contributed by atoms with Gasteiger partial charge in [0.1, 0.15) is 0 Å². The third-order valence-corrected chi connectivity index (χ3v) is 2.76. The van der Waals surface area contributed by atoms with Crippen LogP contribution in [0.1, 0.15) is 19.8 Å². The highest BCUT2D eigenvalue weighted by Gasteiger charge is 2.25. The second-order valence-corrected chi connectivity index (χ2v) is 3.73. The minimum absolute atomic E-state index is 0.799. The van der Waals surface area contributed by atoms with E-state index in [0.29, 0.717) is 0 Å². The van der Waals surface area contributed by atoms with Crippen molar-refractivity contribution in [1.82, 2.24) is 10.2 Å². The Balaban J connectivity index is 2.33. The second kappa shape index (κ2) is 4.07. The molecule has 1 saturated heterocycles. The molecule has 0 aliphatic carbocycles. The van der Waals surface area contributed by atoms with E-state index in [1.165, 1.54) is 19.4 Å². The van der Waals surface area contributed by atoms with Crippen LogP contribution in [0, 0.1) is 5.92 Å². The lowest BCUT2D eigenvalue weighted by Crippen LogP contribution is -2.35. The number of hydrogen-bond acceptors (Lipinski definition) is 2. The molecule has 1 aliphatic rings. The number of hydrogen-bond donors (Lipinski definition) is 1. The largest absolute Gasteiger partial charge is 0.319 e. The van der Waals surface area contributed by atoms with Crippen LogP contribution < -0.4 is 5.32 Å². The number of likely N-dealkylation sites (tertiary alicyclic amines) is 1. The summed E-state index contributed by atoms with van der Waals surface area (Å²) >= 11 is 0. The van der Waals surface area contributed by atoms with Gasteiger partial charge in [0.15, 0.2) is 0 Å². The molecule has 0 aromatic carbocycles. The molecule has 1 rings (SSSR count). The molecule has 2 unspecified atom stereocenters. The van der Waals surface area contributed by atoms with Crippen molar-refractivity contribution >= 4 is 0 Å². The Bertz CT molecular complexity index is 114. The molecule has 66 valence electrons. The third kappa shape index (κ3) is 2.17. The molecular weight excluding hydrogens is 136 g/mol. The van der Waals surface area contributed by atoms with E-state index in [9.17, 15) is 0 Å². The summed E-state index contributed by atoms with van der Waals surface area (Å²) in [4.78, 5) is 2.49. The molecule has 0 radical (unpaired) electrons. The van der Waals surface area contributed by atoms with Gasteiger partial charge in [-0.3, -0.25) is 0 Å². The Hall–Kier alpha value is -0.0800. The van der Waals surface area contributed by atoms with Crippen LogP contribution in [0.25, 0.3) is 0 Å². The minimum atomic E-state index is 0.799. The van der Waals surface area contributed by atoms with Crippen LogP contribution in [-0.4, -0.2) is 38.1 Å². The van der Waals surface area contributed by atoms with Crippen molar-refractivity contribution in [2.45, 2.75) is 25.8 Å². The fourth-order valence-corrected chi connectivity index (χ4v) is 2.11. The SMILES string of the molecule is CNCC(C)C1CCCN1C. The van der Waals surface area contributed by atoms with Crippen LogP contribution in [0.2, 0.25) is 0 Å². The van der Waals surface area contributed by atoms with Crippen LogP contribution in [0.4, 0.5) is 0 Å². The van der Waals surface area contributed by atoms with Gasteiger partial charge < -0.3 is 10.2 Å². The first-order chi connectivity index (χ1) is 5.25. The summed E-state index contributed by atoms with van der Waals surface area (Å²) in [5.74, 6) is 0.799. The van der Waals surface area contributed by atoms with E-state index in [1.54, 1.807) is 0 Å². The van der Waals surface area contributed by atoms with Crippen molar-refractivity contribution in [2.75, 3.05) is 27.2 Å². The molecule has 0 bridgehead atoms. The van der Waals surface area contributed by atoms with Crippen molar-refractivity contribution in [2.24, 2.45) is 5.92 Å². The van der Waals surface area contributed by atoms with Gasteiger partial charge in [0.2, 0.25) is 0 Å². The molecule has 0 amide bonds. The van der Waals surface area contributed by atoms with Crippen molar-refractivity contribution in [3.8, 4) is 0 Å². The van der Waals surface area contributed by atoms with Crippen LogP contribution in [-0.2, 0) is 0 Å². The van der Waals surface area contributed by atoms with Gasteiger partial charge in [-0.15, -0.1) is 0 Å². The molecule has 0 aromatic rings. The molecule has 2 heteroatoms. The zero-order valence-corrected chi connectivity index (χ0v) is 7.93. The molecule has 0 aromatic heterocycles. The van der Waals surface area contributed by atoms with E-state index in [1.807, 2.05) is 7.05 Å². The first kappa shape index (κ1) is 9.01. The molecule has 1 aliphatic heterocycles. The Morgan fingerprint density at radius 1 is 1.64 bits per heavy atom. The Morgan fingerprint density at radius 3 is 2.82 bits per heavy atom. The Morgan fingerprint density at radius 2 is 2.36 bits per heavy atom. The van der Waals surface area contributed by atoms with E-state index in [-0.39, 0.29) is 0 Å². The topological polar surface area (TPSA) is 15.3 Å². The summed E-state index contributed by atoms with van der Waals surface area (Å²) in [5, 5.41) is 3.24. The Labute approximate surface area is 70.0 Å². The molecule has 1 N–H and O–H groups in total. The first-order valence-corrected chi connectivity index (χ1v) is 4.60. The summed E-state index contributed by atoms with van der Waals surface area (Å²) in [6.45, 7) is 4.77. The van der Waals surface area contributed by atoms with Crippen molar-refractivity contribution in [3.05, 3.63) is 0 Å². The van der Waals surface area contributed by atoms with Gasteiger partial charge in [0.05, 0.1) is 0 Å². The third-order valence-electron chi connectivity index (χ3n) is 2.76. The summed E-state index contributed by atoms with van der Waals surface area (Å²) < 4.78 is 0. The monoisotopic (exact) mass is 156 g/mol.